The minimum Gasteiger partial charge on any atom is -0.325 e. The van der Waals surface area contributed by atoms with E-state index in [9.17, 15) is 4.79 Å². The Morgan fingerprint density at radius 2 is 1.89 bits per heavy atom. The topological polar surface area (TPSA) is 29.1 Å². The first-order chi connectivity index (χ1) is 9.28. The second kappa shape index (κ2) is 7.59. The van der Waals surface area contributed by atoms with Gasteiger partial charge in [0.2, 0.25) is 5.91 Å². The van der Waals surface area contributed by atoms with E-state index in [0.717, 1.165) is 12.1 Å². The Morgan fingerprint density at radius 3 is 2.53 bits per heavy atom. The Bertz CT molecular complexity index is 396. The van der Waals surface area contributed by atoms with Gasteiger partial charge in [0.05, 0.1) is 5.75 Å². The van der Waals surface area contributed by atoms with Crippen molar-refractivity contribution in [1.82, 2.24) is 0 Å². The van der Waals surface area contributed by atoms with Gasteiger partial charge >= 0.3 is 0 Å². The van der Waals surface area contributed by atoms with Crippen molar-refractivity contribution in [3.63, 3.8) is 0 Å². The van der Waals surface area contributed by atoms with Crippen LogP contribution in [0.2, 0.25) is 0 Å². The molecule has 2 nitrogen and oxygen atoms in total. The number of carbonyl (C=O) groups is 1. The highest BCUT2D eigenvalue weighted by Crippen LogP contribution is 2.28. The Balaban J connectivity index is 1.73. The third kappa shape index (κ3) is 4.90. The highest BCUT2D eigenvalue weighted by atomic mass is 32.2. The maximum atomic E-state index is 11.9. The van der Waals surface area contributed by atoms with Crippen LogP contribution in [0, 0.1) is 0 Å². The van der Waals surface area contributed by atoms with E-state index in [-0.39, 0.29) is 5.91 Å². The summed E-state index contributed by atoms with van der Waals surface area (Å²) in [6.07, 6.45) is 7.63. The Hall–Kier alpha value is -0.960. The standard InChI is InChI=1S/C16H23NOS/c1-2-13-8-10-14(11-9-13)17-16(18)12-19-15-6-4-3-5-7-15/h8-11,15H,2-7,12H2,1H3,(H,17,18). The van der Waals surface area contributed by atoms with Crippen LogP contribution in [-0.4, -0.2) is 16.9 Å². The number of aryl methyl sites for hydroxylation is 1. The van der Waals surface area contributed by atoms with Crippen LogP contribution < -0.4 is 5.32 Å². The summed E-state index contributed by atoms with van der Waals surface area (Å²) in [5.41, 5.74) is 2.21. The fourth-order valence-corrected chi connectivity index (χ4v) is 3.57. The van der Waals surface area contributed by atoms with Gasteiger partial charge in [-0.15, -0.1) is 11.8 Å². The molecule has 0 aromatic heterocycles. The van der Waals surface area contributed by atoms with E-state index in [0.29, 0.717) is 11.0 Å². The molecule has 1 aromatic carbocycles. The number of benzene rings is 1. The van der Waals surface area contributed by atoms with Crippen LogP contribution in [0.5, 0.6) is 0 Å². The molecular formula is C16H23NOS. The summed E-state index contributed by atoms with van der Waals surface area (Å²) in [5, 5.41) is 3.67. The molecule has 2 rings (SSSR count). The predicted octanol–water partition coefficient (Wildman–Crippen LogP) is 4.25. The van der Waals surface area contributed by atoms with Crippen LogP contribution in [0.25, 0.3) is 0 Å². The fourth-order valence-electron chi connectivity index (χ4n) is 2.45. The van der Waals surface area contributed by atoms with Crippen LogP contribution in [0.15, 0.2) is 24.3 Å². The molecule has 3 heteroatoms. The van der Waals surface area contributed by atoms with Gasteiger partial charge in [-0.3, -0.25) is 4.79 Å². The minimum atomic E-state index is 0.125. The molecule has 1 aliphatic rings. The minimum absolute atomic E-state index is 0.125. The van der Waals surface area contributed by atoms with Crippen molar-refractivity contribution >= 4 is 23.4 Å². The summed E-state index contributed by atoms with van der Waals surface area (Å²) in [4.78, 5) is 11.9. The van der Waals surface area contributed by atoms with Crippen LogP contribution in [0.3, 0.4) is 0 Å². The lowest BCUT2D eigenvalue weighted by atomic mass is 10.0. The van der Waals surface area contributed by atoms with Gasteiger partial charge < -0.3 is 5.32 Å². The zero-order chi connectivity index (χ0) is 13.5. The lowest BCUT2D eigenvalue weighted by molar-refractivity contribution is -0.113. The van der Waals surface area contributed by atoms with Gasteiger partial charge in [0, 0.05) is 10.9 Å². The van der Waals surface area contributed by atoms with Gasteiger partial charge in [-0.05, 0) is 37.0 Å². The summed E-state index contributed by atoms with van der Waals surface area (Å²) in [6, 6.07) is 8.12. The molecule has 0 unspecified atom stereocenters. The maximum Gasteiger partial charge on any atom is 0.234 e. The quantitative estimate of drug-likeness (QED) is 0.871. The van der Waals surface area contributed by atoms with Crippen molar-refractivity contribution in [2.75, 3.05) is 11.1 Å². The maximum absolute atomic E-state index is 11.9. The van der Waals surface area contributed by atoms with Crippen LogP contribution in [0.1, 0.15) is 44.6 Å². The summed E-state index contributed by atoms with van der Waals surface area (Å²) >= 11 is 1.82. The molecule has 104 valence electrons. The third-order valence-corrected chi connectivity index (χ3v) is 5.02. The zero-order valence-corrected chi connectivity index (χ0v) is 12.5. The fraction of sp³-hybridized carbons (Fsp3) is 0.562. The van der Waals surface area contributed by atoms with Crippen LogP contribution in [-0.2, 0) is 11.2 Å². The van der Waals surface area contributed by atoms with Gasteiger partial charge in [-0.2, -0.15) is 0 Å². The number of thioether (sulfide) groups is 1. The zero-order valence-electron chi connectivity index (χ0n) is 11.7. The largest absolute Gasteiger partial charge is 0.325 e. The van der Waals surface area contributed by atoms with E-state index in [1.165, 1.54) is 37.7 Å². The number of hydrogen-bond acceptors (Lipinski definition) is 2. The molecule has 0 aliphatic heterocycles. The molecule has 0 spiro atoms. The molecule has 0 saturated heterocycles. The summed E-state index contributed by atoms with van der Waals surface area (Å²) < 4.78 is 0. The van der Waals surface area contributed by atoms with E-state index < -0.39 is 0 Å². The molecule has 1 fully saturated rings. The lowest BCUT2D eigenvalue weighted by Gasteiger charge is -2.20. The van der Waals surface area contributed by atoms with E-state index in [1.54, 1.807) is 0 Å². The van der Waals surface area contributed by atoms with E-state index >= 15 is 0 Å². The first-order valence-electron chi connectivity index (χ1n) is 7.28. The van der Waals surface area contributed by atoms with Gasteiger partial charge in [-0.25, -0.2) is 0 Å². The molecule has 19 heavy (non-hydrogen) atoms. The predicted molar refractivity (Wildman–Crippen MR) is 83.8 cm³/mol. The Labute approximate surface area is 120 Å². The van der Waals surface area contributed by atoms with E-state index in [2.05, 4.69) is 24.4 Å². The van der Waals surface area contributed by atoms with Crippen molar-refractivity contribution in [1.29, 1.82) is 0 Å². The van der Waals surface area contributed by atoms with Crippen molar-refractivity contribution in [3.05, 3.63) is 29.8 Å². The molecule has 1 saturated carbocycles. The van der Waals surface area contributed by atoms with Gasteiger partial charge in [0.15, 0.2) is 0 Å². The average Bonchev–Trinajstić information content (AvgIpc) is 2.47. The van der Waals surface area contributed by atoms with Crippen molar-refractivity contribution in [2.45, 2.75) is 50.7 Å². The van der Waals surface area contributed by atoms with E-state index in [4.69, 9.17) is 0 Å². The number of anilines is 1. The van der Waals surface area contributed by atoms with Gasteiger partial charge in [0.25, 0.3) is 0 Å². The highest BCUT2D eigenvalue weighted by molar-refractivity contribution is 8.00. The van der Waals surface area contributed by atoms with E-state index in [1.807, 2.05) is 23.9 Å². The number of carbonyl (C=O) groups excluding carboxylic acids is 1. The van der Waals surface area contributed by atoms with Gasteiger partial charge in [0.1, 0.15) is 0 Å². The molecule has 1 aliphatic carbocycles. The van der Waals surface area contributed by atoms with Gasteiger partial charge in [-0.1, -0.05) is 38.3 Å². The summed E-state index contributed by atoms with van der Waals surface area (Å²) in [6.45, 7) is 2.13. The molecule has 1 aromatic rings. The molecule has 0 bridgehead atoms. The second-order valence-corrected chi connectivity index (χ2v) is 6.46. The monoisotopic (exact) mass is 277 g/mol. The van der Waals surface area contributed by atoms with Crippen molar-refractivity contribution in [3.8, 4) is 0 Å². The summed E-state index contributed by atoms with van der Waals surface area (Å²) in [5.74, 6) is 0.708. The SMILES string of the molecule is CCc1ccc(NC(=O)CSC2CCCCC2)cc1. The average molecular weight is 277 g/mol. The number of hydrogen-bond donors (Lipinski definition) is 1. The molecule has 1 N–H and O–H groups in total. The molecular weight excluding hydrogens is 254 g/mol. The van der Waals surface area contributed by atoms with Crippen LogP contribution >= 0.6 is 11.8 Å². The van der Waals surface area contributed by atoms with Crippen molar-refractivity contribution in [2.24, 2.45) is 0 Å². The normalized spacial score (nSPS) is 16.3. The summed E-state index contributed by atoms with van der Waals surface area (Å²) in [7, 11) is 0. The number of amides is 1. The first-order valence-corrected chi connectivity index (χ1v) is 8.33. The Morgan fingerprint density at radius 1 is 1.21 bits per heavy atom. The molecule has 0 radical (unpaired) electrons. The molecule has 1 amide bonds. The number of nitrogens with one attached hydrogen (secondary N) is 1. The lowest BCUT2D eigenvalue weighted by Crippen LogP contribution is -2.17. The second-order valence-electron chi connectivity index (χ2n) is 5.17. The molecule has 0 atom stereocenters. The highest BCUT2D eigenvalue weighted by Gasteiger charge is 2.15. The molecule has 0 heterocycles. The van der Waals surface area contributed by atoms with Crippen molar-refractivity contribution < 1.29 is 4.79 Å². The number of rotatable bonds is 5. The first kappa shape index (κ1) is 14.4. The van der Waals surface area contributed by atoms with Crippen LogP contribution in [0.4, 0.5) is 5.69 Å². The third-order valence-electron chi connectivity index (χ3n) is 3.65. The smallest absolute Gasteiger partial charge is 0.234 e. The Kier molecular flexibility index (Phi) is 5.77.